The van der Waals surface area contributed by atoms with E-state index in [9.17, 15) is 0 Å². The molecule has 1 N–H and O–H groups in total. The van der Waals surface area contributed by atoms with Gasteiger partial charge < -0.3 is 5.32 Å². The number of nitrogens with zero attached hydrogens (tertiary/aromatic N) is 2. The van der Waals surface area contributed by atoms with Crippen molar-refractivity contribution in [1.82, 2.24) is 15.2 Å². The van der Waals surface area contributed by atoms with E-state index >= 15 is 0 Å². The highest BCUT2D eigenvalue weighted by atomic mass is 35.5. The molecule has 1 atom stereocenters. The van der Waals surface area contributed by atoms with Gasteiger partial charge in [-0.05, 0) is 24.5 Å². The molecule has 1 aromatic heterocycles. The zero-order valence-corrected chi connectivity index (χ0v) is 14.9. The first-order valence-corrected chi connectivity index (χ1v) is 8.20. The molecule has 1 saturated carbocycles. The summed E-state index contributed by atoms with van der Waals surface area (Å²) in [6, 6.07) is 13.4. The first-order valence-electron chi connectivity index (χ1n) is 8.20. The van der Waals surface area contributed by atoms with Crippen LogP contribution in [0.15, 0.2) is 36.4 Å². The van der Waals surface area contributed by atoms with Gasteiger partial charge in [0.15, 0.2) is 0 Å². The van der Waals surface area contributed by atoms with Crippen LogP contribution in [0.3, 0.4) is 0 Å². The SMILES string of the molecule is Cl.Cl.c1ccc2nc([C@H](CC3CC3)N3CCNCC3)ccc2c1. The monoisotopic (exact) mass is 353 g/mol. The molecule has 0 unspecified atom stereocenters. The van der Waals surface area contributed by atoms with Crippen molar-refractivity contribution in [2.24, 2.45) is 5.92 Å². The summed E-state index contributed by atoms with van der Waals surface area (Å²) in [6.45, 7) is 4.50. The van der Waals surface area contributed by atoms with Crippen LogP contribution in [-0.2, 0) is 0 Å². The van der Waals surface area contributed by atoms with Gasteiger partial charge in [0.25, 0.3) is 0 Å². The number of benzene rings is 1. The van der Waals surface area contributed by atoms with Crippen LogP contribution in [-0.4, -0.2) is 36.1 Å². The molecule has 2 aromatic rings. The number of aromatic nitrogens is 1. The third-order valence-electron chi connectivity index (χ3n) is 4.81. The maximum Gasteiger partial charge on any atom is 0.0706 e. The summed E-state index contributed by atoms with van der Waals surface area (Å²) >= 11 is 0. The van der Waals surface area contributed by atoms with Crippen LogP contribution >= 0.6 is 24.8 Å². The van der Waals surface area contributed by atoms with Crippen LogP contribution in [0, 0.1) is 5.92 Å². The van der Waals surface area contributed by atoms with Crippen LogP contribution in [0.4, 0.5) is 0 Å². The number of piperazine rings is 1. The van der Waals surface area contributed by atoms with Crippen LogP contribution in [0.25, 0.3) is 10.9 Å². The second-order valence-corrected chi connectivity index (χ2v) is 6.41. The van der Waals surface area contributed by atoms with E-state index in [1.165, 1.54) is 30.3 Å². The Labute approximate surface area is 150 Å². The maximum atomic E-state index is 4.97. The summed E-state index contributed by atoms with van der Waals surface area (Å²) in [7, 11) is 0. The molecule has 0 bridgehead atoms. The van der Waals surface area contributed by atoms with Gasteiger partial charge in [0.1, 0.15) is 0 Å². The molecule has 3 nitrogen and oxygen atoms in total. The lowest BCUT2D eigenvalue weighted by atomic mass is 10.0. The topological polar surface area (TPSA) is 28.2 Å². The van der Waals surface area contributed by atoms with E-state index in [0.717, 1.165) is 37.6 Å². The molecule has 1 saturated heterocycles. The van der Waals surface area contributed by atoms with Crippen molar-refractivity contribution in [2.45, 2.75) is 25.3 Å². The fourth-order valence-electron chi connectivity index (χ4n) is 3.39. The van der Waals surface area contributed by atoms with E-state index in [4.69, 9.17) is 4.98 Å². The summed E-state index contributed by atoms with van der Waals surface area (Å²) in [5, 5.41) is 4.70. The molecule has 1 aliphatic carbocycles. The Morgan fingerprint density at radius 3 is 2.52 bits per heavy atom. The number of hydrogen-bond donors (Lipinski definition) is 1. The normalized spacial score (nSPS) is 19.7. The van der Waals surface area contributed by atoms with Crippen molar-refractivity contribution in [3.63, 3.8) is 0 Å². The van der Waals surface area contributed by atoms with Gasteiger partial charge in [0, 0.05) is 31.6 Å². The van der Waals surface area contributed by atoms with Crippen LogP contribution < -0.4 is 5.32 Å². The lowest BCUT2D eigenvalue weighted by Crippen LogP contribution is -2.45. The fourth-order valence-corrected chi connectivity index (χ4v) is 3.39. The fraction of sp³-hybridized carbons (Fsp3) is 0.500. The second-order valence-electron chi connectivity index (χ2n) is 6.41. The third kappa shape index (κ3) is 4.36. The minimum atomic E-state index is 0. The Kier molecular flexibility index (Phi) is 6.66. The van der Waals surface area contributed by atoms with Gasteiger partial charge in [-0.1, -0.05) is 37.1 Å². The van der Waals surface area contributed by atoms with Gasteiger partial charge >= 0.3 is 0 Å². The largest absolute Gasteiger partial charge is 0.314 e. The van der Waals surface area contributed by atoms with Gasteiger partial charge in [-0.2, -0.15) is 0 Å². The van der Waals surface area contributed by atoms with Crippen molar-refractivity contribution >= 4 is 35.7 Å². The van der Waals surface area contributed by atoms with Crippen molar-refractivity contribution in [1.29, 1.82) is 0 Å². The molecule has 2 aliphatic rings. The Morgan fingerprint density at radius 1 is 1.04 bits per heavy atom. The molecule has 126 valence electrons. The predicted octanol–water partition coefficient (Wildman–Crippen LogP) is 3.82. The summed E-state index contributed by atoms with van der Waals surface area (Å²) < 4.78 is 0. The minimum Gasteiger partial charge on any atom is -0.314 e. The quantitative estimate of drug-likeness (QED) is 0.905. The molecule has 23 heavy (non-hydrogen) atoms. The number of halogens is 2. The molecule has 0 radical (unpaired) electrons. The van der Waals surface area contributed by atoms with E-state index in [0.29, 0.717) is 6.04 Å². The molecular formula is C18H25Cl2N3. The molecule has 2 fully saturated rings. The Hall–Kier alpha value is -0.870. The first-order chi connectivity index (χ1) is 10.4. The number of hydrogen-bond acceptors (Lipinski definition) is 3. The van der Waals surface area contributed by atoms with Gasteiger partial charge in [0.05, 0.1) is 17.3 Å². The van der Waals surface area contributed by atoms with Crippen molar-refractivity contribution in [2.75, 3.05) is 26.2 Å². The van der Waals surface area contributed by atoms with Crippen LogP contribution in [0.1, 0.15) is 31.0 Å². The van der Waals surface area contributed by atoms with E-state index in [1.54, 1.807) is 0 Å². The highest BCUT2D eigenvalue weighted by molar-refractivity contribution is 5.85. The van der Waals surface area contributed by atoms with Gasteiger partial charge in [-0.15, -0.1) is 24.8 Å². The summed E-state index contributed by atoms with van der Waals surface area (Å²) in [5.74, 6) is 0.929. The Balaban J connectivity index is 0.000000960. The number of nitrogens with one attached hydrogen (secondary N) is 1. The standard InChI is InChI=1S/C18H23N3.2ClH/c1-2-4-16-15(3-1)7-8-17(20-16)18(13-14-5-6-14)21-11-9-19-10-12-21;;/h1-4,7-8,14,18-19H,5-6,9-13H2;2*1H/t18-;;/m0../s1. The lowest BCUT2D eigenvalue weighted by Gasteiger charge is -2.35. The molecule has 1 aliphatic heterocycles. The highest BCUT2D eigenvalue weighted by Crippen LogP contribution is 2.40. The highest BCUT2D eigenvalue weighted by Gasteiger charge is 2.31. The Morgan fingerprint density at radius 2 is 1.78 bits per heavy atom. The summed E-state index contributed by atoms with van der Waals surface area (Å²) in [6.07, 6.45) is 4.11. The lowest BCUT2D eigenvalue weighted by molar-refractivity contribution is 0.157. The smallest absolute Gasteiger partial charge is 0.0706 e. The average molecular weight is 354 g/mol. The maximum absolute atomic E-state index is 4.97. The van der Waals surface area contributed by atoms with E-state index in [2.05, 4.69) is 46.6 Å². The first kappa shape index (κ1) is 18.5. The van der Waals surface area contributed by atoms with Gasteiger partial charge in [-0.3, -0.25) is 9.88 Å². The Bertz CT molecular complexity index is 624. The van der Waals surface area contributed by atoms with E-state index < -0.39 is 0 Å². The van der Waals surface area contributed by atoms with Crippen molar-refractivity contribution in [3.8, 4) is 0 Å². The zero-order chi connectivity index (χ0) is 14.1. The van der Waals surface area contributed by atoms with Gasteiger partial charge in [-0.25, -0.2) is 0 Å². The van der Waals surface area contributed by atoms with Crippen LogP contribution in [0.5, 0.6) is 0 Å². The molecule has 0 amide bonds. The number of pyridine rings is 1. The second kappa shape index (κ2) is 8.29. The predicted molar refractivity (Wildman–Crippen MR) is 101 cm³/mol. The van der Waals surface area contributed by atoms with Crippen LogP contribution in [0.2, 0.25) is 0 Å². The van der Waals surface area contributed by atoms with Gasteiger partial charge in [0.2, 0.25) is 0 Å². The van der Waals surface area contributed by atoms with E-state index in [1.807, 2.05) is 0 Å². The average Bonchev–Trinajstić information content (AvgIpc) is 3.37. The summed E-state index contributed by atoms with van der Waals surface area (Å²) in [5.41, 5.74) is 2.40. The van der Waals surface area contributed by atoms with Crippen molar-refractivity contribution in [3.05, 3.63) is 42.1 Å². The number of para-hydroxylation sites is 1. The molecule has 0 spiro atoms. The number of rotatable bonds is 4. The number of fused-ring (bicyclic) bond motifs is 1. The molecular weight excluding hydrogens is 329 g/mol. The molecule has 5 heteroatoms. The van der Waals surface area contributed by atoms with E-state index in [-0.39, 0.29) is 24.8 Å². The zero-order valence-electron chi connectivity index (χ0n) is 13.3. The molecule has 4 rings (SSSR count). The third-order valence-corrected chi connectivity index (χ3v) is 4.81. The summed E-state index contributed by atoms with van der Waals surface area (Å²) in [4.78, 5) is 7.60. The molecule has 1 aromatic carbocycles. The van der Waals surface area contributed by atoms with Crippen molar-refractivity contribution < 1.29 is 0 Å². The molecule has 2 heterocycles. The minimum absolute atomic E-state index is 0.